The SMILES string of the molecule is CCCC(C)CC(=O)NC(C)(CN)C(C)C. The first kappa shape index (κ1) is 15.4. The molecule has 0 aromatic heterocycles. The molecule has 0 aliphatic rings. The molecule has 0 aliphatic carbocycles. The van der Waals surface area contributed by atoms with Gasteiger partial charge in [-0.15, -0.1) is 0 Å². The van der Waals surface area contributed by atoms with Crippen LogP contribution in [-0.4, -0.2) is 18.0 Å². The third-order valence-electron chi connectivity index (χ3n) is 3.44. The number of nitrogens with one attached hydrogen (secondary N) is 1. The van der Waals surface area contributed by atoms with Gasteiger partial charge in [0.15, 0.2) is 0 Å². The van der Waals surface area contributed by atoms with Gasteiger partial charge in [0.1, 0.15) is 0 Å². The van der Waals surface area contributed by atoms with E-state index in [4.69, 9.17) is 5.73 Å². The first-order valence-corrected chi connectivity index (χ1v) is 6.36. The van der Waals surface area contributed by atoms with E-state index in [2.05, 4.69) is 33.0 Å². The molecule has 0 spiro atoms. The minimum atomic E-state index is -0.275. The number of carbonyl (C=O) groups excluding carboxylic acids is 1. The Labute approximate surface area is 100 Å². The van der Waals surface area contributed by atoms with Crippen molar-refractivity contribution in [2.75, 3.05) is 6.54 Å². The van der Waals surface area contributed by atoms with Gasteiger partial charge in [-0.2, -0.15) is 0 Å². The molecule has 2 atom stereocenters. The molecule has 16 heavy (non-hydrogen) atoms. The van der Waals surface area contributed by atoms with Gasteiger partial charge in [-0.1, -0.05) is 40.5 Å². The van der Waals surface area contributed by atoms with Gasteiger partial charge in [0, 0.05) is 13.0 Å². The Morgan fingerprint density at radius 3 is 2.31 bits per heavy atom. The summed E-state index contributed by atoms with van der Waals surface area (Å²) in [5, 5.41) is 3.07. The van der Waals surface area contributed by atoms with Gasteiger partial charge in [0.2, 0.25) is 5.91 Å². The quantitative estimate of drug-likeness (QED) is 0.702. The summed E-state index contributed by atoms with van der Waals surface area (Å²) in [4.78, 5) is 11.8. The second-order valence-corrected chi connectivity index (χ2v) is 5.42. The fourth-order valence-electron chi connectivity index (χ4n) is 1.71. The second-order valence-electron chi connectivity index (χ2n) is 5.42. The van der Waals surface area contributed by atoms with Crippen molar-refractivity contribution in [2.24, 2.45) is 17.6 Å². The fourth-order valence-corrected chi connectivity index (χ4v) is 1.71. The maximum absolute atomic E-state index is 11.8. The van der Waals surface area contributed by atoms with Crippen LogP contribution >= 0.6 is 0 Å². The Bertz CT molecular complexity index is 216. The average molecular weight is 228 g/mol. The van der Waals surface area contributed by atoms with Crippen LogP contribution in [0, 0.1) is 11.8 Å². The van der Waals surface area contributed by atoms with Crippen molar-refractivity contribution in [3.05, 3.63) is 0 Å². The molecule has 0 fully saturated rings. The topological polar surface area (TPSA) is 55.1 Å². The van der Waals surface area contributed by atoms with Crippen molar-refractivity contribution >= 4 is 5.91 Å². The van der Waals surface area contributed by atoms with E-state index in [1.165, 1.54) is 0 Å². The van der Waals surface area contributed by atoms with E-state index in [9.17, 15) is 4.79 Å². The summed E-state index contributed by atoms with van der Waals surface area (Å²) in [6.07, 6.45) is 2.84. The average Bonchev–Trinajstić information content (AvgIpc) is 2.17. The molecule has 96 valence electrons. The van der Waals surface area contributed by atoms with Crippen LogP contribution in [0.25, 0.3) is 0 Å². The highest BCUT2D eigenvalue weighted by molar-refractivity contribution is 5.77. The summed E-state index contributed by atoms with van der Waals surface area (Å²) >= 11 is 0. The smallest absolute Gasteiger partial charge is 0.220 e. The zero-order valence-electron chi connectivity index (χ0n) is 11.5. The number of amides is 1. The molecule has 0 radical (unpaired) electrons. The molecule has 0 heterocycles. The van der Waals surface area contributed by atoms with E-state index in [-0.39, 0.29) is 11.4 Å². The predicted octanol–water partition coefficient (Wildman–Crippen LogP) is 2.30. The fraction of sp³-hybridized carbons (Fsp3) is 0.923. The van der Waals surface area contributed by atoms with Crippen LogP contribution < -0.4 is 11.1 Å². The minimum absolute atomic E-state index is 0.127. The number of hydrogen-bond donors (Lipinski definition) is 2. The molecule has 0 saturated carbocycles. The van der Waals surface area contributed by atoms with Gasteiger partial charge in [-0.3, -0.25) is 4.79 Å². The maximum atomic E-state index is 11.8. The van der Waals surface area contributed by atoms with E-state index in [1.54, 1.807) is 0 Å². The first-order valence-electron chi connectivity index (χ1n) is 6.36. The summed E-state index contributed by atoms with van der Waals surface area (Å²) in [5.74, 6) is 0.935. The standard InChI is InChI=1S/C13H28N2O/c1-6-7-11(4)8-12(16)15-13(5,9-14)10(2)3/h10-11H,6-9,14H2,1-5H3,(H,15,16). The second kappa shape index (κ2) is 6.89. The normalized spacial score (nSPS) is 16.9. The van der Waals surface area contributed by atoms with Crippen LogP contribution in [0.1, 0.15) is 53.9 Å². The molecule has 0 bridgehead atoms. The van der Waals surface area contributed by atoms with Crippen LogP contribution in [0.15, 0.2) is 0 Å². The summed E-state index contributed by atoms with van der Waals surface area (Å²) in [7, 11) is 0. The molecule has 0 aliphatic heterocycles. The maximum Gasteiger partial charge on any atom is 0.220 e. The Morgan fingerprint density at radius 1 is 1.38 bits per heavy atom. The highest BCUT2D eigenvalue weighted by Gasteiger charge is 2.28. The first-order chi connectivity index (χ1) is 7.35. The van der Waals surface area contributed by atoms with E-state index in [1.807, 2.05) is 6.92 Å². The summed E-state index contributed by atoms with van der Waals surface area (Å²) < 4.78 is 0. The molecule has 2 unspecified atom stereocenters. The van der Waals surface area contributed by atoms with Crippen LogP contribution in [0.2, 0.25) is 0 Å². The molecule has 0 aromatic carbocycles. The van der Waals surface area contributed by atoms with E-state index >= 15 is 0 Å². The number of rotatable bonds is 7. The lowest BCUT2D eigenvalue weighted by Crippen LogP contribution is -2.55. The van der Waals surface area contributed by atoms with Gasteiger partial charge in [0.25, 0.3) is 0 Å². The molecule has 0 saturated heterocycles. The summed E-state index contributed by atoms with van der Waals surface area (Å²) in [6, 6.07) is 0. The van der Waals surface area contributed by atoms with Crippen LogP contribution in [0.3, 0.4) is 0 Å². The van der Waals surface area contributed by atoms with E-state index in [0.29, 0.717) is 24.8 Å². The van der Waals surface area contributed by atoms with Gasteiger partial charge >= 0.3 is 0 Å². The highest BCUT2D eigenvalue weighted by atomic mass is 16.1. The summed E-state index contributed by atoms with van der Waals surface area (Å²) in [5.41, 5.74) is 5.46. The Hall–Kier alpha value is -0.570. The van der Waals surface area contributed by atoms with E-state index < -0.39 is 0 Å². The third kappa shape index (κ3) is 4.97. The van der Waals surface area contributed by atoms with Crippen molar-refractivity contribution in [1.82, 2.24) is 5.32 Å². The molecular formula is C13H28N2O. The third-order valence-corrected chi connectivity index (χ3v) is 3.44. The zero-order valence-corrected chi connectivity index (χ0v) is 11.5. The number of hydrogen-bond acceptors (Lipinski definition) is 2. The number of carbonyl (C=O) groups is 1. The zero-order chi connectivity index (χ0) is 12.8. The van der Waals surface area contributed by atoms with Crippen molar-refractivity contribution < 1.29 is 4.79 Å². The van der Waals surface area contributed by atoms with Crippen molar-refractivity contribution in [2.45, 2.75) is 59.4 Å². The van der Waals surface area contributed by atoms with Gasteiger partial charge < -0.3 is 11.1 Å². The predicted molar refractivity (Wildman–Crippen MR) is 69.1 cm³/mol. The van der Waals surface area contributed by atoms with Crippen molar-refractivity contribution in [3.8, 4) is 0 Å². The lowest BCUT2D eigenvalue weighted by molar-refractivity contribution is -0.124. The van der Waals surface area contributed by atoms with E-state index in [0.717, 1.165) is 12.8 Å². The monoisotopic (exact) mass is 228 g/mol. The molecular weight excluding hydrogens is 200 g/mol. The summed E-state index contributed by atoms with van der Waals surface area (Å²) in [6.45, 7) is 10.9. The molecule has 0 rings (SSSR count). The van der Waals surface area contributed by atoms with Gasteiger partial charge in [0.05, 0.1) is 5.54 Å². The minimum Gasteiger partial charge on any atom is -0.349 e. The van der Waals surface area contributed by atoms with Crippen LogP contribution in [0.5, 0.6) is 0 Å². The van der Waals surface area contributed by atoms with Crippen molar-refractivity contribution in [3.63, 3.8) is 0 Å². The molecule has 3 heteroatoms. The lowest BCUT2D eigenvalue weighted by Gasteiger charge is -2.34. The van der Waals surface area contributed by atoms with Gasteiger partial charge in [-0.05, 0) is 18.8 Å². The molecule has 1 amide bonds. The Morgan fingerprint density at radius 2 is 1.94 bits per heavy atom. The Kier molecular flexibility index (Phi) is 6.65. The lowest BCUT2D eigenvalue weighted by atomic mass is 9.88. The number of nitrogens with two attached hydrogens (primary N) is 1. The van der Waals surface area contributed by atoms with Crippen molar-refractivity contribution in [1.29, 1.82) is 0 Å². The largest absolute Gasteiger partial charge is 0.349 e. The van der Waals surface area contributed by atoms with Crippen LogP contribution in [0.4, 0.5) is 0 Å². The molecule has 0 aromatic rings. The van der Waals surface area contributed by atoms with Crippen LogP contribution in [-0.2, 0) is 4.79 Å². The highest BCUT2D eigenvalue weighted by Crippen LogP contribution is 2.16. The molecule has 3 nitrogen and oxygen atoms in total. The molecule has 3 N–H and O–H groups in total. The van der Waals surface area contributed by atoms with Gasteiger partial charge in [-0.25, -0.2) is 0 Å². The Balaban J connectivity index is 4.21.